The SMILES string of the molecule is OCc1[nH]c(-c2ccccc2)nc1Br. The van der Waals surface area contributed by atoms with Crippen LogP contribution in [0.15, 0.2) is 34.9 Å². The van der Waals surface area contributed by atoms with Crippen molar-refractivity contribution in [2.75, 3.05) is 0 Å². The van der Waals surface area contributed by atoms with E-state index in [1.54, 1.807) is 0 Å². The van der Waals surface area contributed by atoms with Gasteiger partial charge >= 0.3 is 0 Å². The van der Waals surface area contributed by atoms with E-state index in [0.717, 1.165) is 11.4 Å². The molecule has 0 amide bonds. The van der Waals surface area contributed by atoms with Gasteiger partial charge in [-0.25, -0.2) is 4.98 Å². The van der Waals surface area contributed by atoms with Gasteiger partial charge in [-0.3, -0.25) is 0 Å². The van der Waals surface area contributed by atoms with E-state index < -0.39 is 0 Å². The predicted octanol–water partition coefficient (Wildman–Crippen LogP) is 2.33. The fraction of sp³-hybridized carbons (Fsp3) is 0.100. The van der Waals surface area contributed by atoms with Crippen molar-refractivity contribution >= 4 is 15.9 Å². The average molecular weight is 253 g/mol. The van der Waals surface area contributed by atoms with E-state index in [2.05, 4.69) is 25.9 Å². The second kappa shape index (κ2) is 3.94. The summed E-state index contributed by atoms with van der Waals surface area (Å²) in [5.41, 5.74) is 1.71. The second-order valence-electron chi connectivity index (χ2n) is 2.88. The van der Waals surface area contributed by atoms with Crippen molar-refractivity contribution in [2.45, 2.75) is 6.61 Å². The minimum absolute atomic E-state index is 0.0413. The lowest BCUT2D eigenvalue weighted by molar-refractivity contribution is 0.276. The van der Waals surface area contributed by atoms with E-state index in [9.17, 15) is 0 Å². The molecule has 4 heteroatoms. The molecular formula is C10H9BrN2O. The molecule has 2 rings (SSSR count). The topological polar surface area (TPSA) is 48.9 Å². The van der Waals surface area contributed by atoms with Crippen LogP contribution in [0.1, 0.15) is 5.69 Å². The number of nitrogens with zero attached hydrogens (tertiary/aromatic N) is 1. The summed E-state index contributed by atoms with van der Waals surface area (Å²) in [5.74, 6) is 0.765. The molecule has 1 heterocycles. The van der Waals surface area contributed by atoms with Crippen LogP contribution in [0.3, 0.4) is 0 Å². The number of halogens is 1. The number of hydrogen-bond acceptors (Lipinski definition) is 2. The maximum Gasteiger partial charge on any atom is 0.138 e. The fourth-order valence-electron chi connectivity index (χ4n) is 1.23. The minimum atomic E-state index is -0.0413. The van der Waals surface area contributed by atoms with Crippen LogP contribution in [-0.2, 0) is 6.61 Å². The van der Waals surface area contributed by atoms with Crippen molar-refractivity contribution in [2.24, 2.45) is 0 Å². The van der Waals surface area contributed by atoms with Gasteiger partial charge in [-0.15, -0.1) is 0 Å². The largest absolute Gasteiger partial charge is 0.390 e. The van der Waals surface area contributed by atoms with Crippen LogP contribution in [0.5, 0.6) is 0 Å². The number of rotatable bonds is 2. The molecule has 0 aliphatic rings. The van der Waals surface area contributed by atoms with Gasteiger partial charge in [0.25, 0.3) is 0 Å². The summed E-state index contributed by atoms with van der Waals surface area (Å²) in [6, 6.07) is 9.78. The Labute approximate surface area is 89.9 Å². The normalized spacial score (nSPS) is 10.4. The molecule has 14 heavy (non-hydrogen) atoms. The molecule has 0 saturated carbocycles. The number of aliphatic hydroxyl groups excluding tert-OH is 1. The van der Waals surface area contributed by atoms with Gasteiger partial charge in [0.15, 0.2) is 0 Å². The molecule has 0 spiro atoms. The predicted molar refractivity (Wildman–Crippen MR) is 57.6 cm³/mol. The lowest BCUT2D eigenvalue weighted by Gasteiger charge is -1.93. The number of nitrogens with one attached hydrogen (secondary N) is 1. The highest BCUT2D eigenvalue weighted by molar-refractivity contribution is 9.10. The molecule has 0 aliphatic carbocycles. The Hall–Kier alpha value is -1.13. The number of aromatic amines is 1. The van der Waals surface area contributed by atoms with E-state index in [0.29, 0.717) is 10.3 Å². The summed E-state index contributed by atoms with van der Waals surface area (Å²) < 4.78 is 0.666. The highest BCUT2D eigenvalue weighted by atomic mass is 79.9. The van der Waals surface area contributed by atoms with Crippen LogP contribution in [0.4, 0.5) is 0 Å². The van der Waals surface area contributed by atoms with Crippen molar-refractivity contribution < 1.29 is 5.11 Å². The molecule has 2 aromatic rings. The molecule has 0 fully saturated rings. The van der Waals surface area contributed by atoms with E-state index in [-0.39, 0.29) is 6.61 Å². The third-order valence-corrected chi connectivity index (χ3v) is 2.59. The molecule has 0 bridgehead atoms. The summed E-state index contributed by atoms with van der Waals surface area (Å²) in [4.78, 5) is 7.29. The first kappa shape index (κ1) is 9.43. The zero-order chi connectivity index (χ0) is 9.97. The Balaban J connectivity index is 2.43. The van der Waals surface area contributed by atoms with E-state index >= 15 is 0 Å². The average Bonchev–Trinajstić information content (AvgIpc) is 2.61. The smallest absolute Gasteiger partial charge is 0.138 e. The molecular weight excluding hydrogens is 244 g/mol. The van der Waals surface area contributed by atoms with E-state index in [4.69, 9.17) is 5.11 Å². The molecule has 1 aromatic carbocycles. The molecule has 3 nitrogen and oxygen atoms in total. The second-order valence-corrected chi connectivity index (χ2v) is 3.63. The van der Waals surface area contributed by atoms with Crippen molar-refractivity contribution in [1.82, 2.24) is 9.97 Å². The molecule has 0 atom stereocenters. The third kappa shape index (κ3) is 1.71. The van der Waals surface area contributed by atoms with Gasteiger partial charge in [0.2, 0.25) is 0 Å². The molecule has 0 saturated heterocycles. The Morgan fingerprint density at radius 2 is 2.00 bits per heavy atom. The van der Waals surface area contributed by atoms with E-state index in [1.807, 2.05) is 30.3 Å². The number of aliphatic hydroxyl groups is 1. The summed E-state index contributed by atoms with van der Waals surface area (Å²) in [7, 11) is 0. The van der Waals surface area contributed by atoms with Crippen molar-refractivity contribution in [1.29, 1.82) is 0 Å². The molecule has 0 radical (unpaired) electrons. The Kier molecular flexibility index (Phi) is 2.65. The fourth-order valence-corrected chi connectivity index (χ4v) is 1.63. The van der Waals surface area contributed by atoms with Crippen LogP contribution in [0, 0.1) is 0 Å². The number of benzene rings is 1. The lowest BCUT2D eigenvalue weighted by Crippen LogP contribution is -1.83. The third-order valence-electron chi connectivity index (χ3n) is 1.93. The van der Waals surface area contributed by atoms with Gasteiger partial charge in [-0.05, 0) is 15.9 Å². The van der Waals surface area contributed by atoms with E-state index in [1.165, 1.54) is 0 Å². The summed E-state index contributed by atoms with van der Waals surface area (Å²) >= 11 is 3.27. The summed E-state index contributed by atoms with van der Waals surface area (Å²) in [6.07, 6.45) is 0. The summed E-state index contributed by atoms with van der Waals surface area (Å²) in [5, 5.41) is 8.98. The number of hydrogen-bond donors (Lipinski definition) is 2. The van der Waals surface area contributed by atoms with Gasteiger partial charge in [0.05, 0.1) is 12.3 Å². The van der Waals surface area contributed by atoms with Crippen LogP contribution < -0.4 is 0 Å². The van der Waals surface area contributed by atoms with Gasteiger partial charge in [-0.2, -0.15) is 0 Å². The number of aromatic nitrogens is 2. The first-order valence-electron chi connectivity index (χ1n) is 4.22. The molecule has 2 N–H and O–H groups in total. The zero-order valence-corrected chi connectivity index (χ0v) is 8.95. The number of H-pyrrole nitrogens is 1. The van der Waals surface area contributed by atoms with Crippen molar-refractivity contribution in [3.8, 4) is 11.4 Å². The van der Waals surface area contributed by atoms with Gasteiger partial charge < -0.3 is 10.1 Å². The highest BCUT2D eigenvalue weighted by Crippen LogP contribution is 2.21. The first-order valence-corrected chi connectivity index (χ1v) is 5.01. The lowest BCUT2D eigenvalue weighted by atomic mass is 10.2. The maximum atomic E-state index is 8.98. The monoisotopic (exact) mass is 252 g/mol. The summed E-state index contributed by atoms with van der Waals surface area (Å²) in [6.45, 7) is -0.0413. The molecule has 1 aromatic heterocycles. The first-order chi connectivity index (χ1) is 6.81. The van der Waals surface area contributed by atoms with Gasteiger partial charge in [-0.1, -0.05) is 30.3 Å². The molecule has 0 aliphatic heterocycles. The molecule has 72 valence electrons. The van der Waals surface area contributed by atoms with Crippen LogP contribution >= 0.6 is 15.9 Å². The Morgan fingerprint density at radius 3 is 2.57 bits per heavy atom. The number of imidazole rings is 1. The highest BCUT2D eigenvalue weighted by Gasteiger charge is 2.07. The quantitative estimate of drug-likeness (QED) is 0.862. The Bertz CT molecular complexity index is 425. The maximum absolute atomic E-state index is 8.98. The standard InChI is InChI=1S/C10H9BrN2O/c11-9-8(6-14)12-10(13-9)7-4-2-1-3-5-7/h1-5,14H,6H2,(H,12,13). The van der Waals surface area contributed by atoms with Gasteiger partial charge in [0.1, 0.15) is 10.4 Å². The minimum Gasteiger partial charge on any atom is -0.390 e. The van der Waals surface area contributed by atoms with Crippen LogP contribution in [0.2, 0.25) is 0 Å². The van der Waals surface area contributed by atoms with Gasteiger partial charge in [0, 0.05) is 5.56 Å². The van der Waals surface area contributed by atoms with Crippen LogP contribution in [-0.4, -0.2) is 15.1 Å². The van der Waals surface area contributed by atoms with Crippen LogP contribution in [0.25, 0.3) is 11.4 Å². The zero-order valence-electron chi connectivity index (χ0n) is 7.37. The van der Waals surface area contributed by atoms with Crippen molar-refractivity contribution in [3.05, 3.63) is 40.6 Å². The molecule has 0 unspecified atom stereocenters. The Morgan fingerprint density at radius 1 is 1.29 bits per heavy atom. The van der Waals surface area contributed by atoms with Crippen molar-refractivity contribution in [3.63, 3.8) is 0 Å².